The maximum Gasteiger partial charge on any atom is 0.353 e. The summed E-state index contributed by atoms with van der Waals surface area (Å²) in [4.78, 5) is 54.0. The minimum Gasteiger partial charge on any atom is -0.477 e. The van der Waals surface area contributed by atoms with Gasteiger partial charge in [-0.1, -0.05) is 13.8 Å². The van der Waals surface area contributed by atoms with Gasteiger partial charge in [0.1, 0.15) is 11.5 Å². The Morgan fingerprint density at radius 3 is 2.66 bits per heavy atom. The number of likely N-dealkylation sites (tertiary alicyclic amines) is 1. The molecule has 194 valence electrons. The summed E-state index contributed by atoms with van der Waals surface area (Å²) in [6, 6.07) is -0.502. The van der Waals surface area contributed by atoms with Crippen LogP contribution in [0, 0.1) is 17.8 Å². The highest BCUT2D eigenvalue weighted by atomic mass is 32.2. The van der Waals surface area contributed by atoms with Crippen LogP contribution in [0.3, 0.4) is 0 Å². The molecule has 0 radical (unpaired) electrons. The third kappa shape index (κ3) is 4.75. The van der Waals surface area contributed by atoms with E-state index in [-0.39, 0.29) is 70.5 Å². The summed E-state index contributed by atoms with van der Waals surface area (Å²) in [5, 5.41) is 16.4. The van der Waals surface area contributed by atoms with E-state index in [9.17, 15) is 24.3 Å². The first-order chi connectivity index (χ1) is 16.5. The Morgan fingerprint density at radius 2 is 2.03 bits per heavy atom. The van der Waals surface area contributed by atoms with Crippen molar-refractivity contribution < 1.29 is 24.3 Å². The van der Waals surface area contributed by atoms with Crippen LogP contribution in [0.1, 0.15) is 40.0 Å². The molecule has 4 heterocycles. The van der Waals surface area contributed by atoms with Crippen LogP contribution < -0.4 is 16.4 Å². The van der Waals surface area contributed by atoms with Crippen molar-refractivity contribution in [2.45, 2.75) is 69.5 Å². The summed E-state index contributed by atoms with van der Waals surface area (Å²) in [5.41, 5.74) is 6.19. The Bertz CT molecular complexity index is 941. The number of hydrogen-bond donors (Lipinski definition) is 4. The number of likely N-dealkylation sites (N-methyl/N-ethyl adjacent to an activating group) is 1. The minimum atomic E-state index is -1.10. The number of ketones is 1. The van der Waals surface area contributed by atoms with Crippen LogP contribution in [0.5, 0.6) is 0 Å². The van der Waals surface area contributed by atoms with Gasteiger partial charge in [-0.3, -0.25) is 9.59 Å². The van der Waals surface area contributed by atoms with Gasteiger partial charge in [0, 0.05) is 54.2 Å². The molecule has 1 unspecified atom stereocenters. The zero-order valence-electron chi connectivity index (χ0n) is 20.8. The zero-order chi connectivity index (χ0) is 25.6. The van der Waals surface area contributed by atoms with Crippen LogP contribution in [-0.2, 0) is 19.2 Å². The van der Waals surface area contributed by atoms with Crippen LogP contribution in [0.2, 0.25) is 0 Å². The zero-order valence-corrected chi connectivity index (χ0v) is 21.6. The van der Waals surface area contributed by atoms with Crippen molar-refractivity contribution in [1.82, 2.24) is 20.4 Å². The first-order valence-corrected chi connectivity index (χ1v) is 13.3. The van der Waals surface area contributed by atoms with Crippen molar-refractivity contribution in [1.29, 1.82) is 0 Å². The van der Waals surface area contributed by atoms with Crippen LogP contribution in [0.15, 0.2) is 10.6 Å². The standard InChI is InChI=1S/C24H37N5O5S/c1-11(5-12(2)30)18-19-13(3)21(20(24(33)34)29(19)23(18)32)35-16-7-17(27-9-16)22(31)28-10-14(25)6-15(28)8-26-4/h11,13-19,26-27H,5-10,25H2,1-4H3,(H,33,34)/t11-,13+,14-,15-,16-,17-,18+,19?/m0/s1. The molecule has 0 bridgehead atoms. The van der Waals surface area contributed by atoms with E-state index in [4.69, 9.17) is 5.73 Å². The largest absolute Gasteiger partial charge is 0.477 e. The first-order valence-electron chi connectivity index (χ1n) is 12.5. The number of carbonyl (C=O) groups is 4. The van der Waals surface area contributed by atoms with Gasteiger partial charge in [-0.25, -0.2) is 4.79 Å². The van der Waals surface area contributed by atoms with Crippen LogP contribution in [0.4, 0.5) is 0 Å². The van der Waals surface area contributed by atoms with Gasteiger partial charge < -0.3 is 36.1 Å². The fourth-order valence-corrected chi connectivity index (χ4v) is 7.84. The Labute approximate surface area is 210 Å². The lowest BCUT2D eigenvalue weighted by Gasteiger charge is -2.47. The monoisotopic (exact) mass is 507 g/mol. The molecule has 0 aliphatic carbocycles. The predicted molar refractivity (Wildman–Crippen MR) is 132 cm³/mol. The van der Waals surface area contributed by atoms with Crippen molar-refractivity contribution >= 4 is 35.3 Å². The quantitative estimate of drug-likeness (QED) is 0.317. The van der Waals surface area contributed by atoms with Gasteiger partial charge in [0.05, 0.1) is 18.0 Å². The molecule has 2 amide bonds. The highest BCUT2D eigenvalue weighted by Gasteiger charge is 2.60. The van der Waals surface area contributed by atoms with Crippen molar-refractivity contribution in [2.24, 2.45) is 23.5 Å². The number of carboxylic acid groups (broad SMARTS) is 1. The molecule has 0 spiro atoms. The van der Waals surface area contributed by atoms with Crippen molar-refractivity contribution in [2.75, 3.05) is 26.7 Å². The number of rotatable bonds is 9. The van der Waals surface area contributed by atoms with Crippen LogP contribution in [-0.4, -0.2) is 94.6 Å². The molecular weight excluding hydrogens is 470 g/mol. The number of β-lactam (4-membered cyclic amide) rings is 1. The molecule has 5 N–H and O–H groups in total. The maximum absolute atomic E-state index is 13.2. The third-order valence-electron chi connectivity index (χ3n) is 7.87. The van der Waals surface area contributed by atoms with Gasteiger partial charge in [0.2, 0.25) is 11.8 Å². The fourth-order valence-electron chi connectivity index (χ4n) is 6.36. The van der Waals surface area contributed by atoms with E-state index >= 15 is 0 Å². The summed E-state index contributed by atoms with van der Waals surface area (Å²) >= 11 is 1.48. The lowest BCUT2D eigenvalue weighted by molar-refractivity contribution is -0.160. The average molecular weight is 508 g/mol. The number of Topliss-reactive ketones (excluding diaryl/α,β-unsaturated/α-hetero) is 1. The molecule has 4 aliphatic rings. The van der Waals surface area contributed by atoms with Crippen LogP contribution in [0.25, 0.3) is 0 Å². The highest BCUT2D eigenvalue weighted by Crippen LogP contribution is 2.53. The maximum atomic E-state index is 13.2. The number of nitrogens with two attached hydrogens (primary N) is 1. The number of amides is 2. The fraction of sp³-hybridized carbons (Fsp3) is 0.750. The number of fused-ring (bicyclic) bond motifs is 1. The number of hydrogen-bond acceptors (Lipinski definition) is 8. The number of carboxylic acids is 1. The van der Waals surface area contributed by atoms with Crippen molar-refractivity contribution in [3.05, 3.63) is 10.6 Å². The van der Waals surface area contributed by atoms with E-state index in [1.165, 1.54) is 23.6 Å². The summed E-state index contributed by atoms with van der Waals surface area (Å²) < 4.78 is 0. The molecule has 35 heavy (non-hydrogen) atoms. The second kappa shape index (κ2) is 10.2. The Balaban J connectivity index is 1.44. The third-order valence-corrected chi connectivity index (χ3v) is 9.38. The Hall–Kier alpha value is -1.95. The first kappa shape index (κ1) is 26.1. The van der Waals surface area contributed by atoms with E-state index in [0.29, 0.717) is 37.4 Å². The Kier molecular flexibility index (Phi) is 7.61. The van der Waals surface area contributed by atoms with E-state index in [2.05, 4.69) is 10.6 Å². The number of thioether (sulfide) groups is 1. The molecule has 4 rings (SSSR count). The molecule has 3 saturated heterocycles. The average Bonchev–Trinajstić information content (AvgIpc) is 3.44. The molecular formula is C24H37N5O5S. The lowest BCUT2D eigenvalue weighted by Crippen LogP contribution is -2.62. The number of nitrogens with zero attached hydrogens (tertiary/aromatic N) is 2. The smallest absolute Gasteiger partial charge is 0.353 e. The van der Waals surface area contributed by atoms with Gasteiger partial charge in [-0.2, -0.15) is 0 Å². The summed E-state index contributed by atoms with van der Waals surface area (Å²) in [7, 11) is 1.86. The molecule has 0 aromatic rings. The Morgan fingerprint density at radius 1 is 1.31 bits per heavy atom. The minimum absolute atomic E-state index is 0.0214. The van der Waals surface area contributed by atoms with Crippen molar-refractivity contribution in [3.63, 3.8) is 0 Å². The molecule has 0 saturated carbocycles. The summed E-state index contributed by atoms with van der Waals surface area (Å²) in [6.07, 6.45) is 1.68. The second-order valence-corrected chi connectivity index (χ2v) is 11.9. The van der Waals surface area contributed by atoms with Gasteiger partial charge in [0.15, 0.2) is 0 Å². The van der Waals surface area contributed by atoms with Crippen LogP contribution >= 0.6 is 11.8 Å². The van der Waals surface area contributed by atoms with Gasteiger partial charge in [-0.15, -0.1) is 11.8 Å². The number of nitrogens with one attached hydrogen (secondary N) is 2. The van der Waals surface area contributed by atoms with E-state index in [0.717, 1.165) is 6.42 Å². The number of aliphatic carboxylic acids is 1. The molecule has 3 fully saturated rings. The van der Waals surface area contributed by atoms with Gasteiger partial charge >= 0.3 is 5.97 Å². The second-order valence-electron chi connectivity index (χ2n) is 10.5. The SMILES string of the molecule is CNC[C@@H]1C[C@H](N)CN1C(=O)[C@@H]1C[C@H](SC2=C(C(=O)O)N3C(=O)[C@H]([C@@H](C)CC(C)=O)C3[C@H]2C)CN1. The van der Waals surface area contributed by atoms with E-state index in [1.54, 1.807) is 0 Å². The summed E-state index contributed by atoms with van der Waals surface area (Å²) in [6.45, 7) is 7.20. The van der Waals surface area contributed by atoms with Gasteiger partial charge in [0.25, 0.3) is 0 Å². The predicted octanol–water partition coefficient (Wildman–Crippen LogP) is -0.0142. The molecule has 0 aromatic carbocycles. The topological polar surface area (TPSA) is 145 Å². The van der Waals surface area contributed by atoms with E-state index in [1.807, 2.05) is 25.8 Å². The molecule has 8 atom stereocenters. The molecule has 0 aromatic heterocycles. The highest BCUT2D eigenvalue weighted by molar-refractivity contribution is 8.03. The molecule has 4 aliphatic heterocycles. The van der Waals surface area contributed by atoms with Gasteiger partial charge in [-0.05, 0) is 32.7 Å². The van der Waals surface area contributed by atoms with E-state index < -0.39 is 5.97 Å². The number of carbonyl (C=O) groups excluding carboxylic acids is 3. The molecule has 11 heteroatoms. The normalized spacial score (nSPS) is 35.3. The van der Waals surface area contributed by atoms with Crippen molar-refractivity contribution in [3.8, 4) is 0 Å². The lowest BCUT2D eigenvalue weighted by atomic mass is 9.73. The molecule has 10 nitrogen and oxygen atoms in total. The summed E-state index contributed by atoms with van der Waals surface area (Å²) in [5.74, 6) is -1.84.